The number of amides is 1. The van der Waals surface area contributed by atoms with Gasteiger partial charge < -0.3 is 0 Å². The molecule has 1 aromatic carbocycles. The molecule has 1 N–H and O–H groups in total. The molecule has 1 amide bonds. The molecule has 2 heterocycles. The van der Waals surface area contributed by atoms with Crippen molar-refractivity contribution in [2.45, 2.75) is 38.6 Å². The summed E-state index contributed by atoms with van der Waals surface area (Å²) in [5.74, 6) is 0.0458. The molecule has 23 heavy (non-hydrogen) atoms. The van der Waals surface area contributed by atoms with E-state index in [1.807, 2.05) is 30.3 Å². The lowest BCUT2D eigenvalue weighted by Gasteiger charge is -2.25. The third-order valence-corrected chi connectivity index (χ3v) is 5.01. The second-order valence-corrected chi connectivity index (χ2v) is 6.79. The van der Waals surface area contributed by atoms with Gasteiger partial charge in [-0.05, 0) is 32.4 Å². The highest BCUT2D eigenvalue weighted by Gasteiger charge is 2.28. The van der Waals surface area contributed by atoms with Crippen molar-refractivity contribution in [1.29, 1.82) is 0 Å². The van der Waals surface area contributed by atoms with E-state index in [-0.39, 0.29) is 11.9 Å². The Labute approximate surface area is 140 Å². The number of hydrogen-bond donors (Lipinski definition) is 1. The van der Waals surface area contributed by atoms with Crippen LogP contribution in [0.5, 0.6) is 0 Å². The van der Waals surface area contributed by atoms with Crippen molar-refractivity contribution in [3.63, 3.8) is 0 Å². The van der Waals surface area contributed by atoms with E-state index >= 15 is 0 Å². The van der Waals surface area contributed by atoms with Gasteiger partial charge in [0, 0.05) is 5.56 Å². The third-order valence-electron chi connectivity index (χ3n) is 4.12. The lowest BCUT2D eigenvalue weighted by atomic mass is 10.1. The third kappa shape index (κ3) is 3.95. The first-order valence-corrected chi connectivity index (χ1v) is 9.03. The van der Waals surface area contributed by atoms with Gasteiger partial charge in [-0.15, -0.1) is 10.2 Å². The van der Waals surface area contributed by atoms with Crippen LogP contribution in [0.15, 0.2) is 30.3 Å². The van der Waals surface area contributed by atoms with Crippen molar-refractivity contribution < 1.29 is 4.79 Å². The quantitative estimate of drug-likeness (QED) is 0.882. The van der Waals surface area contributed by atoms with Gasteiger partial charge in [-0.2, -0.15) is 0 Å². The number of carbonyl (C=O) groups is 1. The summed E-state index contributed by atoms with van der Waals surface area (Å²) < 4.78 is 0. The number of rotatable bonds is 6. The van der Waals surface area contributed by atoms with Gasteiger partial charge in [-0.1, -0.05) is 55.0 Å². The van der Waals surface area contributed by atoms with E-state index in [0.29, 0.717) is 5.13 Å². The van der Waals surface area contributed by atoms with Gasteiger partial charge in [0.2, 0.25) is 11.0 Å². The lowest BCUT2D eigenvalue weighted by molar-refractivity contribution is -0.121. The number of nitrogens with one attached hydrogen (secondary N) is 1. The topological polar surface area (TPSA) is 58.1 Å². The van der Waals surface area contributed by atoms with E-state index in [0.717, 1.165) is 36.5 Å². The molecule has 0 aliphatic carbocycles. The number of carbonyl (C=O) groups excluding carboxylic acids is 1. The lowest BCUT2D eigenvalue weighted by Crippen LogP contribution is -2.42. The van der Waals surface area contributed by atoms with Crippen LogP contribution in [0.4, 0.5) is 5.13 Å². The molecule has 0 saturated carbocycles. The predicted octanol–water partition coefficient (Wildman–Crippen LogP) is 3.41. The molecule has 3 rings (SSSR count). The highest BCUT2D eigenvalue weighted by molar-refractivity contribution is 7.18. The predicted molar refractivity (Wildman–Crippen MR) is 93.5 cm³/mol. The van der Waals surface area contributed by atoms with Crippen LogP contribution >= 0.6 is 11.3 Å². The fourth-order valence-electron chi connectivity index (χ4n) is 2.97. The summed E-state index contributed by atoms with van der Waals surface area (Å²) in [5.41, 5.74) is 1.02. The molecule has 1 aliphatic heterocycles. The molecule has 1 aromatic heterocycles. The minimum atomic E-state index is -0.0495. The summed E-state index contributed by atoms with van der Waals surface area (Å²) in [7, 11) is 0. The van der Waals surface area contributed by atoms with Crippen LogP contribution in [0.3, 0.4) is 0 Å². The van der Waals surface area contributed by atoms with Gasteiger partial charge >= 0.3 is 0 Å². The second kappa shape index (κ2) is 7.66. The molecule has 1 atom stereocenters. The minimum absolute atomic E-state index is 0.0458. The Morgan fingerprint density at radius 2 is 2.00 bits per heavy atom. The largest absolute Gasteiger partial charge is 0.299 e. The molecule has 122 valence electrons. The molecule has 1 fully saturated rings. The van der Waals surface area contributed by atoms with Gasteiger partial charge in [0.1, 0.15) is 5.01 Å². The van der Waals surface area contributed by atoms with Gasteiger partial charge in [0.25, 0.3) is 0 Å². The van der Waals surface area contributed by atoms with Crippen LogP contribution < -0.4 is 5.32 Å². The Balaban J connectivity index is 1.68. The average Bonchev–Trinajstić information content (AvgIpc) is 3.25. The fraction of sp³-hybridized carbons (Fsp3) is 0.471. The monoisotopic (exact) mass is 330 g/mol. The molecule has 5 nitrogen and oxygen atoms in total. The van der Waals surface area contributed by atoms with Crippen molar-refractivity contribution in [2.24, 2.45) is 0 Å². The maximum atomic E-state index is 12.6. The van der Waals surface area contributed by atoms with E-state index in [1.165, 1.54) is 24.2 Å². The van der Waals surface area contributed by atoms with Crippen molar-refractivity contribution >= 4 is 22.4 Å². The fourth-order valence-corrected chi connectivity index (χ4v) is 3.72. The normalized spacial score (nSPS) is 16.4. The molecule has 1 unspecified atom stereocenters. The molecule has 1 aliphatic rings. The van der Waals surface area contributed by atoms with E-state index in [2.05, 4.69) is 27.3 Å². The average molecular weight is 330 g/mol. The summed E-state index contributed by atoms with van der Waals surface area (Å²) >= 11 is 1.42. The van der Waals surface area contributed by atoms with E-state index in [4.69, 9.17) is 0 Å². The van der Waals surface area contributed by atoms with Crippen molar-refractivity contribution in [3.8, 4) is 10.6 Å². The Morgan fingerprint density at radius 1 is 1.26 bits per heavy atom. The maximum absolute atomic E-state index is 12.6. The summed E-state index contributed by atoms with van der Waals surface area (Å²) in [6.45, 7) is 4.15. The second-order valence-electron chi connectivity index (χ2n) is 5.82. The van der Waals surface area contributed by atoms with Gasteiger partial charge in [-0.3, -0.25) is 15.0 Å². The molecule has 2 aromatic rings. The van der Waals surface area contributed by atoms with E-state index in [9.17, 15) is 4.79 Å². The van der Waals surface area contributed by atoms with Crippen LogP contribution in [0.2, 0.25) is 0 Å². The minimum Gasteiger partial charge on any atom is -0.299 e. The number of benzene rings is 1. The molecular weight excluding hydrogens is 308 g/mol. The van der Waals surface area contributed by atoms with Crippen LogP contribution in [-0.2, 0) is 4.79 Å². The zero-order valence-corrected chi connectivity index (χ0v) is 14.2. The number of nitrogens with zero attached hydrogens (tertiary/aromatic N) is 3. The zero-order valence-electron chi connectivity index (χ0n) is 13.4. The summed E-state index contributed by atoms with van der Waals surface area (Å²) in [6.07, 6.45) is 4.26. The number of likely N-dealkylation sites (tertiary alicyclic amines) is 1. The Hall–Kier alpha value is -1.79. The summed E-state index contributed by atoms with van der Waals surface area (Å²) in [5, 5.41) is 12.7. The van der Waals surface area contributed by atoms with Crippen molar-refractivity contribution in [1.82, 2.24) is 15.1 Å². The van der Waals surface area contributed by atoms with Crippen LogP contribution in [0, 0.1) is 0 Å². The SMILES string of the molecule is CCCC(C(=O)Nc1nnc(-c2ccccc2)s1)N1CCCC1. The molecule has 6 heteroatoms. The number of aromatic nitrogens is 2. The summed E-state index contributed by atoms with van der Waals surface area (Å²) in [6, 6.07) is 9.86. The molecule has 0 bridgehead atoms. The Kier molecular flexibility index (Phi) is 5.35. The number of anilines is 1. The maximum Gasteiger partial charge on any atom is 0.243 e. The van der Waals surface area contributed by atoms with Gasteiger partial charge in [0.15, 0.2) is 0 Å². The smallest absolute Gasteiger partial charge is 0.243 e. The standard InChI is InChI=1S/C17H22N4OS/c1-2-8-14(21-11-6-7-12-21)15(22)18-17-20-19-16(23-17)13-9-4-3-5-10-13/h3-5,9-10,14H,2,6-8,11-12H2,1H3,(H,18,20,22). The number of hydrogen-bond acceptors (Lipinski definition) is 5. The first kappa shape index (κ1) is 16.1. The molecule has 1 saturated heterocycles. The highest BCUT2D eigenvalue weighted by atomic mass is 32.1. The molecule has 0 radical (unpaired) electrons. The van der Waals surface area contributed by atoms with Crippen molar-refractivity contribution in [3.05, 3.63) is 30.3 Å². The Morgan fingerprint density at radius 3 is 2.70 bits per heavy atom. The highest BCUT2D eigenvalue weighted by Crippen LogP contribution is 2.26. The van der Waals surface area contributed by atoms with E-state index in [1.54, 1.807) is 0 Å². The van der Waals surface area contributed by atoms with Crippen LogP contribution in [0.25, 0.3) is 10.6 Å². The summed E-state index contributed by atoms with van der Waals surface area (Å²) in [4.78, 5) is 14.9. The Bertz CT molecular complexity index is 637. The van der Waals surface area contributed by atoms with Crippen LogP contribution in [-0.4, -0.2) is 40.1 Å². The van der Waals surface area contributed by atoms with Gasteiger partial charge in [0.05, 0.1) is 6.04 Å². The zero-order chi connectivity index (χ0) is 16.1. The van der Waals surface area contributed by atoms with Crippen LogP contribution in [0.1, 0.15) is 32.6 Å². The van der Waals surface area contributed by atoms with Crippen molar-refractivity contribution in [2.75, 3.05) is 18.4 Å². The first-order chi connectivity index (χ1) is 11.3. The molecular formula is C17H22N4OS. The molecule has 0 spiro atoms. The first-order valence-electron chi connectivity index (χ1n) is 8.21. The van der Waals surface area contributed by atoms with E-state index < -0.39 is 0 Å². The van der Waals surface area contributed by atoms with Gasteiger partial charge in [-0.25, -0.2) is 0 Å².